The van der Waals surface area contributed by atoms with Crippen molar-refractivity contribution in [3.8, 4) is 11.1 Å². The van der Waals surface area contributed by atoms with E-state index in [9.17, 15) is 0 Å². The Morgan fingerprint density at radius 3 is 1.28 bits per heavy atom. The van der Waals surface area contributed by atoms with E-state index in [1.165, 1.54) is 60.8 Å². The third kappa shape index (κ3) is 10.7. The van der Waals surface area contributed by atoms with Crippen LogP contribution in [0.2, 0.25) is 0 Å². The van der Waals surface area contributed by atoms with Crippen molar-refractivity contribution in [1.29, 1.82) is 0 Å². The highest BCUT2D eigenvalue weighted by atomic mass is 16.5. The Morgan fingerprint density at radius 1 is 0.562 bits per heavy atom. The zero-order chi connectivity index (χ0) is 23.0. The summed E-state index contributed by atoms with van der Waals surface area (Å²) >= 11 is 0. The highest BCUT2D eigenvalue weighted by Gasteiger charge is 2.03. The first-order chi connectivity index (χ1) is 15.6. The molecule has 0 atom stereocenters. The summed E-state index contributed by atoms with van der Waals surface area (Å²) in [5.41, 5.74) is 4.88. The highest BCUT2D eigenvalue weighted by molar-refractivity contribution is 5.63. The van der Waals surface area contributed by atoms with Crippen molar-refractivity contribution in [2.45, 2.75) is 65.6 Å². The van der Waals surface area contributed by atoms with Crippen LogP contribution < -0.4 is 0 Å². The minimum Gasteiger partial charge on any atom is -0.361 e. The Morgan fingerprint density at radius 2 is 0.938 bits per heavy atom. The average Bonchev–Trinajstić information content (AvgIpc) is 2.80. The Kier molecular flexibility index (Phi) is 13.2. The number of benzene rings is 2. The van der Waals surface area contributed by atoms with Gasteiger partial charge < -0.3 is 9.47 Å². The lowest BCUT2D eigenvalue weighted by Gasteiger charge is -2.16. The maximum absolute atomic E-state index is 5.86. The molecule has 0 fully saturated rings. The van der Waals surface area contributed by atoms with Gasteiger partial charge in [-0.3, -0.25) is 9.80 Å². The van der Waals surface area contributed by atoms with Gasteiger partial charge in [-0.2, -0.15) is 0 Å². The van der Waals surface area contributed by atoms with Crippen LogP contribution in [0.5, 0.6) is 0 Å². The molecule has 0 heterocycles. The van der Waals surface area contributed by atoms with E-state index >= 15 is 0 Å². The monoisotopic (exact) mass is 440 g/mol. The van der Waals surface area contributed by atoms with Crippen LogP contribution >= 0.6 is 0 Å². The minimum atomic E-state index is 0.654. The molecule has 4 heteroatoms. The van der Waals surface area contributed by atoms with E-state index < -0.39 is 0 Å². The molecule has 178 valence electrons. The number of rotatable bonds is 17. The van der Waals surface area contributed by atoms with Gasteiger partial charge in [0.05, 0.1) is 26.7 Å². The van der Waals surface area contributed by atoms with Crippen molar-refractivity contribution >= 4 is 0 Å². The lowest BCUT2D eigenvalue weighted by molar-refractivity contribution is 0.0316. The van der Waals surface area contributed by atoms with Crippen LogP contribution in [0, 0.1) is 0 Å². The van der Waals surface area contributed by atoms with E-state index in [1.807, 2.05) is 0 Å². The zero-order valence-corrected chi connectivity index (χ0v) is 20.8. The molecule has 2 aromatic rings. The summed E-state index contributed by atoms with van der Waals surface area (Å²) in [5.74, 6) is 0. The zero-order valence-electron chi connectivity index (χ0n) is 20.8. The van der Waals surface area contributed by atoms with Gasteiger partial charge in [0, 0.05) is 0 Å². The average molecular weight is 441 g/mol. The van der Waals surface area contributed by atoms with Gasteiger partial charge in [-0.05, 0) is 62.3 Å². The maximum Gasteiger partial charge on any atom is 0.0992 e. The summed E-state index contributed by atoms with van der Waals surface area (Å²) in [7, 11) is 4.25. The first-order valence-corrected chi connectivity index (χ1v) is 12.3. The van der Waals surface area contributed by atoms with E-state index in [4.69, 9.17) is 9.47 Å². The van der Waals surface area contributed by atoms with Crippen LogP contribution in [0.4, 0.5) is 0 Å². The fourth-order valence-corrected chi connectivity index (χ4v) is 3.62. The SMILES string of the molecule is CCCCCN(C)COCc1ccc(-c2ccc(COCN(C)CCCCC)cc2)cc1. The summed E-state index contributed by atoms with van der Waals surface area (Å²) in [6.45, 7) is 9.35. The molecule has 0 saturated carbocycles. The van der Waals surface area contributed by atoms with Gasteiger partial charge in [0.2, 0.25) is 0 Å². The molecule has 0 aliphatic rings. The van der Waals surface area contributed by atoms with Crippen LogP contribution in [-0.4, -0.2) is 50.4 Å². The van der Waals surface area contributed by atoms with E-state index in [2.05, 4.69) is 86.3 Å². The van der Waals surface area contributed by atoms with Crippen molar-refractivity contribution in [3.05, 3.63) is 59.7 Å². The standard InChI is InChI=1S/C28H44N2O2/c1-5-7-9-19-29(3)23-31-21-25-11-15-27(16-12-25)28-17-13-26(14-18-28)22-32-24-30(4)20-10-8-6-2/h11-18H,5-10,19-24H2,1-4H3. The maximum atomic E-state index is 5.86. The fraction of sp³-hybridized carbons (Fsp3) is 0.571. The molecular formula is C28H44N2O2. The third-order valence-electron chi connectivity index (χ3n) is 5.69. The van der Waals surface area contributed by atoms with Crippen molar-refractivity contribution < 1.29 is 9.47 Å². The largest absolute Gasteiger partial charge is 0.361 e. The Hall–Kier alpha value is -1.72. The molecule has 0 aliphatic heterocycles. The minimum absolute atomic E-state index is 0.654. The molecule has 0 aromatic heterocycles. The fourth-order valence-electron chi connectivity index (χ4n) is 3.62. The predicted octanol–water partition coefficient (Wildman–Crippen LogP) is 6.55. The molecule has 0 amide bonds. The number of unbranched alkanes of at least 4 members (excludes halogenated alkanes) is 4. The molecule has 0 saturated heterocycles. The summed E-state index contributed by atoms with van der Waals surface area (Å²) in [5, 5.41) is 0. The van der Waals surface area contributed by atoms with Gasteiger partial charge in [-0.1, -0.05) is 88.1 Å². The number of ether oxygens (including phenoxy) is 2. The lowest BCUT2D eigenvalue weighted by atomic mass is 10.0. The van der Waals surface area contributed by atoms with Crippen LogP contribution in [0.15, 0.2) is 48.5 Å². The van der Waals surface area contributed by atoms with Gasteiger partial charge in [-0.25, -0.2) is 0 Å². The van der Waals surface area contributed by atoms with Gasteiger partial charge >= 0.3 is 0 Å². The highest BCUT2D eigenvalue weighted by Crippen LogP contribution is 2.21. The van der Waals surface area contributed by atoms with E-state index in [0.29, 0.717) is 26.7 Å². The summed E-state index contributed by atoms with van der Waals surface area (Å²) in [4.78, 5) is 4.50. The van der Waals surface area contributed by atoms with Crippen LogP contribution in [0.25, 0.3) is 11.1 Å². The Bertz CT molecular complexity index is 652. The second kappa shape index (κ2) is 16.0. The molecule has 0 spiro atoms. The first-order valence-electron chi connectivity index (χ1n) is 12.3. The van der Waals surface area contributed by atoms with Crippen molar-refractivity contribution in [3.63, 3.8) is 0 Å². The van der Waals surface area contributed by atoms with Crippen LogP contribution in [0.1, 0.15) is 63.5 Å². The Labute approximate surface area is 196 Å². The third-order valence-corrected chi connectivity index (χ3v) is 5.69. The van der Waals surface area contributed by atoms with Gasteiger partial charge in [0.1, 0.15) is 0 Å². The van der Waals surface area contributed by atoms with Gasteiger partial charge in [0.25, 0.3) is 0 Å². The predicted molar refractivity (Wildman–Crippen MR) is 135 cm³/mol. The van der Waals surface area contributed by atoms with E-state index in [1.54, 1.807) is 0 Å². The molecule has 32 heavy (non-hydrogen) atoms. The van der Waals surface area contributed by atoms with Crippen molar-refractivity contribution in [2.75, 3.05) is 40.6 Å². The summed E-state index contributed by atoms with van der Waals surface area (Å²) in [6, 6.07) is 17.4. The molecule has 0 aliphatic carbocycles. The number of hydrogen-bond donors (Lipinski definition) is 0. The topological polar surface area (TPSA) is 24.9 Å². The molecule has 2 aromatic carbocycles. The first kappa shape index (κ1) is 26.5. The van der Waals surface area contributed by atoms with Crippen molar-refractivity contribution in [1.82, 2.24) is 9.80 Å². The van der Waals surface area contributed by atoms with Crippen LogP contribution in [0.3, 0.4) is 0 Å². The Balaban J connectivity index is 1.71. The quantitative estimate of drug-likeness (QED) is 0.206. The van der Waals surface area contributed by atoms with Gasteiger partial charge in [0.15, 0.2) is 0 Å². The molecule has 0 N–H and O–H groups in total. The van der Waals surface area contributed by atoms with Crippen molar-refractivity contribution in [2.24, 2.45) is 0 Å². The second-order valence-corrected chi connectivity index (χ2v) is 8.92. The van der Waals surface area contributed by atoms with E-state index in [-0.39, 0.29) is 0 Å². The smallest absolute Gasteiger partial charge is 0.0992 e. The normalized spacial score (nSPS) is 11.6. The van der Waals surface area contributed by atoms with Gasteiger partial charge in [-0.15, -0.1) is 0 Å². The number of hydrogen-bond acceptors (Lipinski definition) is 4. The lowest BCUT2D eigenvalue weighted by Crippen LogP contribution is -2.22. The van der Waals surface area contributed by atoms with E-state index in [0.717, 1.165) is 13.1 Å². The summed E-state index contributed by atoms with van der Waals surface area (Å²) in [6.07, 6.45) is 7.58. The number of nitrogens with zero attached hydrogens (tertiary/aromatic N) is 2. The molecule has 0 unspecified atom stereocenters. The van der Waals surface area contributed by atoms with Crippen LogP contribution in [-0.2, 0) is 22.7 Å². The molecule has 2 rings (SSSR count). The molecule has 4 nitrogen and oxygen atoms in total. The second-order valence-electron chi connectivity index (χ2n) is 8.92. The molecular weight excluding hydrogens is 396 g/mol. The molecule has 0 radical (unpaired) electrons. The summed E-state index contributed by atoms with van der Waals surface area (Å²) < 4.78 is 11.7. The molecule has 0 bridgehead atoms.